The Hall–Kier alpha value is -2.25. The molecule has 2 aliphatic rings. The van der Waals surface area contributed by atoms with Gasteiger partial charge < -0.3 is 5.32 Å². The zero-order valence-electron chi connectivity index (χ0n) is 16.9. The first-order valence-corrected chi connectivity index (χ1v) is 10.1. The minimum absolute atomic E-state index is 0.178. The summed E-state index contributed by atoms with van der Waals surface area (Å²) in [4.78, 5) is 24.9. The van der Waals surface area contributed by atoms with Crippen molar-refractivity contribution in [3.05, 3.63) is 52.8 Å². The number of urea groups is 1. The van der Waals surface area contributed by atoms with Gasteiger partial charge in [-0.3, -0.25) is 9.80 Å². The second-order valence-corrected chi connectivity index (χ2v) is 8.68. The maximum atomic E-state index is 13.9. The molecule has 2 fully saturated rings. The van der Waals surface area contributed by atoms with Gasteiger partial charge in [0, 0.05) is 5.54 Å². The molecule has 8 heteroatoms. The largest absolute Gasteiger partial charge is 0.330 e. The van der Waals surface area contributed by atoms with E-state index >= 15 is 0 Å². The zero-order valence-corrected chi connectivity index (χ0v) is 17.6. The number of anilines is 1. The maximum Gasteiger partial charge on any atom is 0.322 e. The van der Waals surface area contributed by atoms with Gasteiger partial charge in [0.25, 0.3) is 0 Å². The molecule has 0 radical (unpaired) electrons. The van der Waals surface area contributed by atoms with E-state index in [4.69, 9.17) is 11.6 Å². The quantitative estimate of drug-likeness (QED) is 0.770. The smallest absolute Gasteiger partial charge is 0.322 e. The molecule has 0 atom stereocenters. The van der Waals surface area contributed by atoms with Crippen LogP contribution in [0.5, 0.6) is 0 Å². The molecule has 29 heavy (non-hydrogen) atoms. The lowest BCUT2D eigenvalue weighted by Crippen LogP contribution is -2.54. The van der Waals surface area contributed by atoms with Gasteiger partial charge in [0.2, 0.25) is 0 Å². The summed E-state index contributed by atoms with van der Waals surface area (Å²) < 4.78 is 13.9. The number of halogens is 2. The number of nitrogens with one attached hydrogen (secondary N) is 1. The molecule has 4 rings (SSSR count). The summed E-state index contributed by atoms with van der Waals surface area (Å²) in [5.74, 6) is 0.343. The van der Waals surface area contributed by atoms with Crippen molar-refractivity contribution in [1.29, 1.82) is 0 Å². The van der Waals surface area contributed by atoms with Crippen molar-refractivity contribution < 1.29 is 9.18 Å². The number of carbonyl (C=O) groups excluding carboxylic acids is 1. The van der Waals surface area contributed by atoms with Gasteiger partial charge in [0.15, 0.2) is 5.15 Å². The van der Waals surface area contributed by atoms with Crippen LogP contribution in [0.4, 0.5) is 14.9 Å². The number of hydrogen-bond donors (Lipinski definition) is 1. The monoisotopic (exact) mass is 417 g/mol. The van der Waals surface area contributed by atoms with Crippen molar-refractivity contribution in [2.75, 3.05) is 25.5 Å². The van der Waals surface area contributed by atoms with Crippen LogP contribution < -0.4 is 10.2 Å². The highest BCUT2D eigenvalue weighted by Crippen LogP contribution is 2.46. The summed E-state index contributed by atoms with van der Waals surface area (Å²) in [7, 11) is 4.07. The van der Waals surface area contributed by atoms with Crippen LogP contribution in [0.2, 0.25) is 5.15 Å². The third kappa shape index (κ3) is 3.46. The third-order valence-corrected chi connectivity index (χ3v) is 6.74. The van der Waals surface area contributed by atoms with Gasteiger partial charge in [0.1, 0.15) is 17.3 Å². The first-order chi connectivity index (χ1) is 13.7. The molecule has 2 aromatic rings. The van der Waals surface area contributed by atoms with E-state index in [9.17, 15) is 9.18 Å². The van der Waals surface area contributed by atoms with E-state index in [1.165, 1.54) is 6.07 Å². The van der Waals surface area contributed by atoms with Crippen LogP contribution in [-0.4, -0.2) is 47.1 Å². The molecule has 1 aromatic carbocycles. The highest BCUT2D eigenvalue weighted by Gasteiger charge is 2.50. The van der Waals surface area contributed by atoms with Crippen molar-refractivity contribution in [3.63, 3.8) is 0 Å². The Kier molecular flexibility index (Phi) is 4.99. The molecule has 0 bridgehead atoms. The lowest BCUT2D eigenvalue weighted by Gasteiger charge is -2.48. The fourth-order valence-corrected chi connectivity index (χ4v) is 4.99. The van der Waals surface area contributed by atoms with Crippen LogP contribution >= 0.6 is 11.6 Å². The van der Waals surface area contributed by atoms with Gasteiger partial charge in [0.05, 0.1) is 18.3 Å². The van der Waals surface area contributed by atoms with Crippen LogP contribution in [0.1, 0.15) is 37.1 Å². The van der Waals surface area contributed by atoms with E-state index in [1.807, 2.05) is 20.2 Å². The molecule has 2 heterocycles. The minimum atomic E-state index is -0.335. The molecule has 1 saturated carbocycles. The van der Waals surface area contributed by atoms with Gasteiger partial charge in [-0.2, -0.15) is 0 Å². The van der Waals surface area contributed by atoms with Crippen molar-refractivity contribution in [3.8, 4) is 0 Å². The molecule has 6 nitrogen and oxygen atoms in total. The minimum Gasteiger partial charge on any atom is -0.330 e. The maximum absolute atomic E-state index is 13.9. The number of hydrogen-bond acceptors (Lipinski definition) is 4. The first kappa shape index (κ1) is 20.0. The summed E-state index contributed by atoms with van der Waals surface area (Å²) in [5, 5.41) is 3.46. The molecule has 1 aliphatic heterocycles. The number of rotatable bonds is 3. The first-order valence-electron chi connectivity index (χ1n) is 9.77. The third-order valence-electron chi connectivity index (χ3n) is 6.47. The van der Waals surface area contributed by atoms with Gasteiger partial charge in [-0.05, 0) is 64.4 Å². The molecular formula is C21H25ClFN5O. The number of amides is 2. The SMILES string of the molecule is Cc1ncc(N2CC3(CCC(c4cccc(F)c4)(N(C)C)CC3)NC2=O)c(Cl)n1. The van der Waals surface area contributed by atoms with Gasteiger partial charge in [-0.25, -0.2) is 19.2 Å². The predicted molar refractivity (Wildman–Crippen MR) is 111 cm³/mol. The molecule has 1 N–H and O–H groups in total. The molecule has 1 saturated heterocycles. The van der Waals surface area contributed by atoms with Gasteiger partial charge in [-0.15, -0.1) is 0 Å². The topological polar surface area (TPSA) is 61.4 Å². The lowest BCUT2D eigenvalue weighted by atomic mass is 9.69. The molecule has 154 valence electrons. The molecule has 2 amide bonds. The Morgan fingerprint density at radius 1 is 1.24 bits per heavy atom. The predicted octanol–water partition coefficient (Wildman–Crippen LogP) is 3.88. The van der Waals surface area contributed by atoms with Crippen LogP contribution in [0.15, 0.2) is 30.5 Å². The van der Waals surface area contributed by atoms with Crippen molar-refractivity contribution in [1.82, 2.24) is 20.2 Å². The van der Waals surface area contributed by atoms with Crippen LogP contribution in [0.25, 0.3) is 0 Å². The zero-order chi connectivity index (χ0) is 20.8. The molecule has 1 spiro atoms. The summed E-state index contributed by atoms with van der Waals surface area (Å²) in [6.07, 6.45) is 4.80. The van der Waals surface area contributed by atoms with Crippen molar-refractivity contribution >= 4 is 23.3 Å². The van der Waals surface area contributed by atoms with Gasteiger partial charge in [-0.1, -0.05) is 23.7 Å². The lowest BCUT2D eigenvalue weighted by molar-refractivity contribution is 0.0655. The highest BCUT2D eigenvalue weighted by atomic mass is 35.5. The Bertz CT molecular complexity index is 942. The number of benzene rings is 1. The summed E-state index contributed by atoms with van der Waals surface area (Å²) in [6, 6.07) is 6.67. The number of aromatic nitrogens is 2. The van der Waals surface area contributed by atoms with E-state index in [2.05, 4.69) is 20.2 Å². The Labute approximate surface area is 175 Å². The van der Waals surface area contributed by atoms with Crippen molar-refractivity contribution in [2.24, 2.45) is 0 Å². The molecule has 0 unspecified atom stereocenters. The second kappa shape index (κ2) is 7.22. The normalized spacial score (nSPS) is 27.0. The Morgan fingerprint density at radius 3 is 2.59 bits per heavy atom. The fraction of sp³-hybridized carbons (Fsp3) is 0.476. The van der Waals surface area contributed by atoms with Crippen LogP contribution in [0, 0.1) is 12.7 Å². The van der Waals surface area contributed by atoms with Crippen LogP contribution in [0.3, 0.4) is 0 Å². The molecular weight excluding hydrogens is 393 g/mol. The number of aryl methyl sites for hydroxylation is 1. The standard InChI is InChI=1S/C21H25ClFN5O/c1-14-24-12-17(18(22)25-14)28-13-20(26-19(28)29)7-9-21(10-8-20,27(2)3)15-5-4-6-16(23)11-15/h4-6,11-12H,7-10,13H2,1-3H3,(H,26,29). The van der Waals surface area contributed by atoms with E-state index in [0.717, 1.165) is 31.2 Å². The van der Waals surface area contributed by atoms with E-state index < -0.39 is 0 Å². The van der Waals surface area contributed by atoms with Crippen molar-refractivity contribution in [2.45, 2.75) is 43.7 Å². The summed E-state index contributed by atoms with van der Waals surface area (Å²) in [5.41, 5.74) is 0.920. The highest BCUT2D eigenvalue weighted by molar-refractivity contribution is 6.32. The average molecular weight is 418 g/mol. The molecule has 1 aliphatic carbocycles. The number of carbonyl (C=O) groups is 1. The van der Waals surface area contributed by atoms with E-state index in [1.54, 1.807) is 30.2 Å². The van der Waals surface area contributed by atoms with Gasteiger partial charge >= 0.3 is 6.03 Å². The van der Waals surface area contributed by atoms with E-state index in [-0.39, 0.29) is 28.1 Å². The molecule has 1 aromatic heterocycles. The second-order valence-electron chi connectivity index (χ2n) is 8.33. The summed E-state index contributed by atoms with van der Waals surface area (Å²) in [6.45, 7) is 2.28. The Balaban J connectivity index is 1.57. The summed E-state index contributed by atoms with van der Waals surface area (Å²) >= 11 is 6.27. The van der Waals surface area contributed by atoms with Crippen LogP contribution in [-0.2, 0) is 5.54 Å². The number of nitrogens with zero attached hydrogens (tertiary/aromatic N) is 4. The average Bonchev–Trinajstić information content (AvgIpc) is 2.98. The fourth-order valence-electron chi connectivity index (χ4n) is 4.72. The Morgan fingerprint density at radius 2 is 1.97 bits per heavy atom. The van der Waals surface area contributed by atoms with E-state index in [0.29, 0.717) is 18.1 Å².